The Bertz CT molecular complexity index is 645. The van der Waals surface area contributed by atoms with Crippen LogP contribution in [0.25, 0.3) is 0 Å². The fourth-order valence-electron chi connectivity index (χ4n) is 1.59. The molecule has 2 aromatic rings. The van der Waals surface area contributed by atoms with Crippen LogP contribution in [0.4, 0.5) is 4.39 Å². The molecule has 0 unspecified atom stereocenters. The third kappa shape index (κ3) is 3.36. The first-order valence-corrected chi connectivity index (χ1v) is 7.30. The third-order valence-corrected chi connectivity index (χ3v) is 4.36. The van der Waals surface area contributed by atoms with Crippen LogP contribution in [-0.2, 0) is 6.61 Å². The molecule has 7 heteroatoms. The number of nitrogens with one attached hydrogen (secondary N) is 1. The standard InChI is InChI=1S/C13H12BrFN2O2S/c1-7-8(4-12(20-7)13(18)17-16)6-19-11-3-2-9(15)5-10(11)14/h2-5H,6,16H2,1H3,(H,17,18). The molecule has 4 nitrogen and oxygen atoms in total. The van der Waals surface area contributed by atoms with Gasteiger partial charge in [-0.1, -0.05) is 0 Å². The summed E-state index contributed by atoms with van der Waals surface area (Å²) in [4.78, 5) is 12.9. The Balaban J connectivity index is 2.11. The van der Waals surface area contributed by atoms with E-state index < -0.39 is 0 Å². The quantitative estimate of drug-likeness (QED) is 0.501. The molecule has 0 spiro atoms. The van der Waals surface area contributed by atoms with Crippen LogP contribution in [0.2, 0.25) is 0 Å². The van der Waals surface area contributed by atoms with E-state index in [0.29, 0.717) is 21.7 Å². The van der Waals surface area contributed by atoms with E-state index in [-0.39, 0.29) is 11.7 Å². The van der Waals surface area contributed by atoms with Crippen molar-refractivity contribution in [2.75, 3.05) is 0 Å². The molecule has 3 N–H and O–H groups in total. The Kier molecular flexibility index (Phi) is 4.74. The van der Waals surface area contributed by atoms with Crippen LogP contribution in [0.1, 0.15) is 20.1 Å². The number of aryl methyl sites for hydroxylation is 1. The topological polar surface area (TPSA) is 64.4 Å². The van der Waals surface area contributed by atoms with Crippen molar-refractivity contribution in [1.29, 1.82) is 0 Å². The monoisotopic (exact) mass is 358 g/mol. The molecule has 0 atom stereocenters. The highest BCUT2D eigenvalue weighted by atomic mass is 79.9. The Morgan fingerprint density at radius 2 is 2.25 bits per heavy atom. The van der Waals surface area contributed by atoms with Gasteiger partial charge in [0.1, 0.15) is 18.2 Å². The number of rotatable bonds is 4. The average Bonchev–Trinajstić information content (AvgIpc) is 2.78. The van der Waals surface area contributed by atoms with E-state index in [2.05, 4.69) is 21.4 Å². The summed E-state index contributed by atoms with van der Waals surface area (Å²) in [6, 6.07) is 5.95. The van der Waals surface area contributed by atoms with Gasteiger partial charge in [-0.25, -0.2) is 10.2 Å². The van der Waals surface area contributed by atoms with Crippen molar-refractivity contribution in [1.82, 2.24) is 5.43 Å². The zero-order chi connectivity index (χ0) is 14.7. The van der Waals surface area contributed by atoms with Crippen molar-refractivity contribution in [3.05, 3.63) is 49.9 Å². The summed E-state index contributed by atoms with van der Waals surface area (Å²) >= 11 is 4.58. The highest BCUT2D eigenvalue weighted by Crippen LogP contribution is 2.28. The van der Waals surface area contributed by atoms with Gasteiger partial charge in [-0.3, -0.25) is 10.2 Å². The van der Waals surface area contributed by atoms with E-state index in [1.807, 2.05) is 6.92 Å². The maximum Gasteiger partial charge on any atom is 0.275 e. The molecule has 20 heavy (non-hydrogen) atoms. The van der Waals surface area contributed by atoms with Crippen LogP contribution in [0, 0.1) is 12.7 Å². The average molecular weight is 359 g/mol. The van der Waals surface area contributed by atoms with Crippen LogP contribution < -0.4 is 16.0 Å². The van der Waals surface area contributed by atoms with Crippen molar-refractivity contribution in [3.63, 3.8) is 0 Å². The van der Waals surface area contributed by atoms with E-state index in [1.54, 1.807) is 12.1 Å². The Labute approximate surface area is 127 Å². The summed E-state index contributed by atoms with van der Waals surface area (Å²) in [6.07, 6.45) is 0. The van der Waals surface area contributed by atoms with Gasteiger partial charge in [0.05, 0.1) is 9.35 Å². The van der Waals surface area contributed by atoms with E-state index in [0.717, 1.165) is 10.4 Å². The zero-order valence-electron chi connectivity index (χ0n) is 10.6. The van der Waals surface area contributed by atoms with E-state index in [1.165, 1.54) is 23.5 Å². The summed E-state index contributed by atoms with van der Waals surface area (Å²) in [5.74, 6) is 4.98. The number of amides is 1. The molecule has 0 aliphatic heterocycles. The van der Waals surface area contributed by atoms with Crippen LogP contribution >= 0.6 is 27.3 Å². The van der Waals surface area contributed by atoms with Gasteiger partial charge in [0.25, 0.3) is 5.91 Å². The molecule has 0 bridgehead atoms. The molecule has 0 saturated heterocycles. The number of nitrogen functional groups attached to an aromatic ring is 1. The molecule has 0 aliphatic rings. The molecule has 2 rings (SSSR count). The normalized spacial score (nSPS) is 10.4. The van der Waals surface area contributed by atoms with Gasteiger partial charge in [0.15, 0.2) is 0 Å². The SMILES string of the molecule is Cc1sc(C(=O)NN)cc1COc1ccc(F)cc1Br. The second-order valence-corrected chi connectivity index (χ2v) is 6.14. The molecule has 0 radical (unpaired) electrons. The summed E-state index contributed by atoms with van der Waals surface area (Å²) in [6.45, 7) is 2.20. The van der Waals surface area contributed by atoms with Gasteiger partial charge in [-0.05, 0) is 47.1 Å². The fraction of sp³-hybridized carbons (Fsp3) is 0.154. The molecule has 0 saturated carbocycles. The number of hydrogen-bond donors (Lipinski definition) is 2. The first kappa shape index (κ1) is 15.0. The second kappa shape index (κ2) is 6.34. The third-order valence-electron chi connectivity index (χ3n) is 2.65. The predicted molar refractivity (Wildman–Crippen MR) is 79.1 cm³/mol. The Morgan fingerprint density at radius 1 is 1.50 bits per heavy atom. The van der Waals surface area contributed by atoms with E-state index in [4.69, 9.17) is 10.6 Å². The van der Waals surface area contributed by atoms with Crippen molar-refractivity contribution < 1.29 is 13.9 Å². The number of nitrogens with two attached hydrogens (primary N) is 1. The molecule has 0 fully saturated rings. The molecule has 106 valence electrons. The molecular weight excluding hydrogens is 347 g/mol. The zero-order valence-corrected chi connectivity index (χ0v) is 13.0. The van der Waals surface area contributed by atoms with Crippen molar-refractivity contribution in [2.24, 2.45) is 5.84 Å². The Morgan fingerprint density at radius 3 is 2.90 bits per heavy atom. The number of halogens is 2. The van der Waals surface area contributed by atoms with Gasteiger partial charge in [-0.15, -0.1) is 11.3 Å². The Hall–Kier alpha value is -1.44. The summed E-state index contributed by atoms with van der Waals surface area (Å²) in [5, 5.41) is 0. The lowest BCUT2D eigenvalue weighted by molar-refractivity contribution is 0.0957. The number of thiophene rings is 1. The van der Waals surface area contributed by atoms with Crippen LogP contribution in [0.3, 0.4) is 0 Å². The number of carbonyl (C=O) groups excluding carboxylic acids is 1. The van der Waals surface area contributed by atoms with Crippen LogP contribution in [0.15, 0.2) is 28.7 Å². The predicted octanol–water partition coefficient (Wildman–Crippen LogP) is 3.14. The number of carbonyl (C=O) groups is 1. The summed E-state index contributed by atoms with van der Waals surface area (Å²) in [7, 11) is 0. The minimum absolute atomic E-state index is 0.296. The maximum atomic E-state index is 13.0. The number of benzene rings is 1. The van der Waals surface area contributed by atoms with Crippen molar-refractivity contribution in [3.8, 4) is 5.75 Å². The number of hydrazine groups is 1. The summed E-state index contributed by atoms with van der Waals surface area (Å²) in [5.41, 5.74) is 2.99. The van der Waals surface area contributed by atoms with Crippen molar-refractivity contribution >= 4 is 33.2 Å². The van der Waals surface area contributed by atoms with E-state index in [9.17, 15) is 9.18 Å². The smallest absolute Gasteiger partial charge is 0.275 e. The lowest BCUT2D eigenvalue weighted by atomic mass is 10.2. The minimum atomic E-state index is -0.335. The second-order valence-electron chi connectivity index (χ2n) is 4.03. The van der Waals surface area contributed by atoms with E-state index >= 15 is 0 Å². The maximum absolute atomic E-state index is 13.0. The summed E-state index contributed by atoms with van der Waals surface area (Å²) < 4.78 is 19.1. The number of ether oxygens (including phenoxy) is 1. The van der Waals surface area contributed by atoms with Gasteiger partial charge < -0.3 is 4.74 Å². The molecule has 1 amide bonds. The molecule has 0 aliphatic carbocycles. The van der Waals surface area contributed by atoms with Gasteiger partial charge in [0, 0.05) is 10.4 Å². The molecule has 1 aromatic carbocycles. The van der Waals surface area contributed by atoms with Crippen molar-refractivity contribution in [2.45, 2.75) is 13.5 Å². The largest absolute Gasteiger partial charge is 0.488 e. The minimum Gasteiger partial charge on any atom is -0.488 e. The highest BCUT2D eigenvalue weighted by Gasteiger charge is 2.12. The lowest BCUT2D eigenvalue weighted by Crippen LogP contribution is -2.29. The number of hydrogen-bond acceptors (Lipinski definition) is 4. The van der Waals surface area contributed by atoms with Gasteiger partial charge >= 0.3 is 0 Å². The highest BCUT2D eigenvalue weighted by molar-refractivity contribution is 9.10. The van der Waals surface area contributed by atoms with Crippen LogP contribution in [-0.4, -0.2) is 5.91 Å². The molecule has 1 heterocycles. The van der Waals surface area contributed by atoms with Crippen LogP contribution in [0.5, 0.6) is 5.75 Å². The molecule has 1 aromatic heterocycles. The first-order chi connectivity index (χ1) is 9.51. The molecular formula is C13H12BrFN2O2S. The van der Waals surface area contributed by atoms with Gasteiger partial charge in [0.2, 0.25) is 0 Å². The lowest BCUT2D eigenvalue weighted by Gasteiger charge is -2.07. The van der Waals surface area contributed by atoms with Gasteiger partial charge in [-0.2, -0.15) is 0 Å². The first-order valence-electron chi connectivity index (χ1n) is 5.69. The fourth-order valence-corrected chi connectivity index (χ4v) is 2.99.